The van der Waals surface area contributed by atoms with Crippen molar-refractivity contribution in [2.75, 3.05) is 0 Å². The zero-order chi connectivity index (χ0) is 33.3. The summed E-state index contributed by atoms with van der Waals surface area (Å²) >= 11 is 13.8. The lowest BCUT2D eigenvalue weighted by atomic mass is 9.84. The van der Waals surface area contributed by atoms with Crippen molar-refractivity contribution in [1.82, 2.24) is 20.1 Å². The smallest absolute Gasteiger partial charge is 0.340 e. The minimum absolute atomic E-state index is 0.0731. The summed E-state index contributed by atoms with van der Waals surface area (Å²) in [7, 11) is 1.77. The van der Waals surface area contributed by atoms with Crippen molar-refractivity contribution in [2.45, 2.75) is 113 Å². The first-order valence-corrected chi connectivity index (χ1v) is 16.4. The van der Waals surface area contributed by atoms with Gasteiger partial charge in [0.2, 0.25) is 10.7 Å². The number of thioether (sulfide) groups is 1. The van der Waals surface area contributed by atoms with E-state index in [1.54, 1.807) is 57.0 Å². The topological polar surface area (TPSA) is 126 Å². The largest absolute Gasteiger partial charge is 0.460 e. The molecule has 2 fully saturated rings. The Kier molecular flexibility index (Phi) is 8.50. The Morgan fingerprint density at radius 3 is 2.22 bits per heavy atom. The summed E-state index contributed by atoms with van der Waals surface area (Å²) in [6.07, 6.45) is 0.681. The first-order chi connectivity index (χ1) is 20.7. The van der Waals surface area contributed by atoms with Crippen molar-refractivity contribution in [3.05, 3.63) is 40.1 Å². The van der Waals surface area contributed by atoms with Gasteiger partial charge in [0.05, 0.1) is 28.1 Å². The van der Waals surface area contributed by atoms with Crippen LogP contribution in [0.3, 0.4) is 0 Å². The number of aryl methyl sites for hydroxylation is 1. The third-order valence-corrected chi connectivity index (χ3v) is 9.51. The molecule has 0 radical (unpaired) electrons. The van der Waals surface area contributed by atoms with Crippen LogP contribution in [-0.4, -0.2) is 72.0 Å². The number of amidine groups is 1. The Labute approximate surface area is 278 Å². The Hall–Kier alpha value is -2.54. The van der Waals surface area contributed by atoms with Crippen molar-refractivity contribution in [3.8, 4) is 0 Å². The molecule has 1 aliphatic heterocycles. The summed E-state index contributed by atoms with van der Waals surface area (Å²) in [5.74, 6) is -2.36. The number of hydrogen-bond donors (Lipinski definition) is 1. The maximum absolute atomic E-state index is 14.6. The molecular formula is C31H41Cl2N5O6S. The molecule has 0 bridgehead atoms. The molecule has 6 atom stereocenters. The van der Waals surface area contributed by atoms with Gasteiger partial charge < -0.3 is 24.3 Å². The lowest BCUT2D eigenvalue weighted by molar-refractivity contribution is -0.170. The second-order valence-corrected chi connectivity index (χ2v) is 16.7. The Balaban J connectivity index is 1.67. The number of rotatable bonds is 7. The fourth-order valence-electron chi connectivity index (χ4n) is 6.18. The predicted molar refractivity (Wildman–Crippen MR) is 171 cm³/mol. The number of aliphatic imine (C=N–C) groups is 1. The van der Waals surface area contributed by atoms with Gasteiger partial charge in [-0.2, -0.15) is 0 Å². The van der Waals surface area contributed by atoms with Crippen LogP contribution in [0.15, 0.2) is 34.7 Å². The van der Waals surface area contributed by atoms with E-state index in [2.05, 4.69) is 15.4 Å². The van der Waals surface area contributed by atoms with E-state index >= 15 is 0 Å². The van der Waals surface area contributed by atoms with Crippen molar-refractivity contribution in [1.29, 1.82) is 0 Å². The zero-order valence-corrected chi connectivity index (χ0v) is 29.6. The lowest BCUT2D eigenvalue weighted by Gasteiger charge is -2.38. The van der Waals surface area contributed by atoms with Crippen LogP contribution in [0.25, 0.3) is 0 Å². The summed E-state index contributed by atoms with van der Waals surface area (Å²) in [6.45, 7) is 16.5. The average molecular weight is 683 g/mol. The fourth-order valence-corrected chi connectivity index (χ4v) is 7.94. The minimum Gasteiger partial charge on any atom is -0.460 e. The molecule has 0 unspecified atom stereocenters. The van der Waals surface area contributed by atoms with Crippen molar-refractivity contribution in [3.63, 3.8) is 0 Å². The summed E-state index contributed by atoms with van der Waals surface area (Å²) in [5, 5.41) is 8.61. The fraction of sp³-hybridized carbons (Fsp3) is 0.645. The van der Waals surface area contributed by atoms with E-state index in [1.807, 2.05) is 41.5 Å². The first kappa shape index (κ1) is 33.8. The standard InChI is InChI=1S/C31H41Cl2N5O6S/c1-27(2,3)42-23(39)20-19-21(45-26-34-15-38(10)37-26)22(41-14-16-11-12-17(32)18(33)13-16)31(24(40)43-28(4,5)6)30(19,20)35-25(36-31)44-29(7,8)9/h11-13,15,19-22H,14H2,1-10H3,(H,35,36)/t19-,20-,21+,22-,30-,31-/m1/s1. The number of carbonyl (C=O) groups excluding carboxylic acids is 2. The molecule has 1 spiro atoms. The molecule has 5 rings (SSSR count). The maximum Gasteiger partial charge on any atom is 0.340 e. The molecule has 2 saturated carbocycles. The highest BCUT2D eigenvalue weighted by atomic mass is 35.5. The Morgan fingerprint density at radius 1 is 1.00 bits per heavy atom. The highest BCUT2D eigenvalue weighted by Gasteiger charge is 2.93. The Morgan fingerprint density at radius 2 is 1.67 bits per heavy atom. The monoisotopic (exact) mass is 681 g/mol. The number of hydrogen-bond acceptors (Lipinski definition) is 11. The molecule has 45 heavy (non-hydrogen) atoms. The second kappa shape index (κ2) is 11.3. The number of benzene rings is 1. The molecule has 0 amide bonds. The van der Waals surface area contributed by atoms with Crippen molar-refractivity contribution >= 4 is 52.9 Å². The van der Waals surface area contributed by atoms with Crippen LogP contribution in [0.4, 0.5) is 0 Å². The van der Waals surface area contributed by atoms with Crippen molar-refractivity contribution < 1.29 is 28.5 Å². The van der Waals surface area contributed by atoms with Crippen LogP contribution < -0.4 is 5.32 Å². The number of aromatic nitrogens is 3. The molecule has 11 nitrogen and oxygen atoms in total. The van der Waals surface area contributed by atoms with E-state index in [0.717, 1.165) is 5.56 Å². The van der Waals surface area contributed by atoms with Crippen LogP contribution in [-0.2, 0) is 42.2 Å². The number of halogens is 2. The second-order valence-electron chi connectivity index (χ2n) is 14.7. The van der Waals surface area contributed by atoms with Gasteiger partial charge in [-0.3, -0.25) is 9.48 Å². The minimum atomic E-state index is -1.73. The molecule has 1 N–H and O–H groups in total. The number of ether oxygens (including phenoxy) is 4. The third kappa shape index (κ3) is 6.40. The van der Waals surface area contributed by atoms with Crippen LogP contribution in [0.1, 0.15) is 67.9 Å². The van der Waals surface area contributed by atoms with Gasteiger partial charge in [-0.15, -0.1) is 5.10 Å². The van der Waals surface area contributed by atoms with Gasteiger partial charge >= 0.3 is 11.9 Å². The normalized spacial score (nSPS) is 28.9. The van der Waals surface area contributed by atoms with E-state index in [1.165, 1.54) is 11.8 Å². The van der Waals surface area contributed by atoms with Crippen LogP contribution in [0.2, 0.25) is 10.0 Å². The average Bonchev–Trinajstić information content (AvgIpc) is 3.05. The highest BCUT2D eigenvalue weighted by molar-refractivity contribution is 7.99. The van der Waals surface area contributed by atoms with E-state index in [4.69, 9.17) is 47.1 Å². The number of carbonyl (C=O) groups is 2. The first-order valence-electron chi connectivity index (χ1n) is 14.8. The van der Waals surface area contributed by atoms with E-state index < -0.39 is 63.0 Å². The summed E-state index contributed by atoms with van der Waals surface area (Å²) in [5.41, 5.74) is -4.54. The molecule has 246 valence electrons. The molecule has 2 heterocycles. The van der Waals surface area contributed by atoms with Gasteiger partial charge in [0.15, 0.2) is 0 Å². The molecule has 14 heteroatoms. The molecule has 3 aliphatic rings. The van der Waals surface area contributed by atoms with Gasteiger partial charge in [0.25, 0.3) is 6.02 Å². The molecule has 1 aromatic carbocycles. The summed E-state index contributed by atoms with van der Waals surface area (Å²) < 4.78 is 26.5. The van der Waals surface area contributed by atoms with Crippen LogP contribution >= 0.6 is 35.0 Å². The predicted octanol–water partition coefficient (Wildman–Crippen LogP) is 5.36. The van der Waals surface area contributed by atoms with E-state index in [-0.39, 0.29) is 12.6 Å². The van der Waals surface area contributed by atoms with E-state index in [9.17, 15) is 9.59 Å². The van der Waals surface area contributed by atoms with Gasteiger partial charge in [0.1, 0.15) is 29.2 Å². The summed E-state index contributed by atoms with van der Waals surface area (Å²) in [4.78, 5) is 38.0. The van der Waals surface area contributed by atoms with Crippen LogP contribution in [0.5, 0.6) is 0 Å². The van der Waals surface area contributed by atoms with Crippen molar-refractivity contribution in [2.24, 2.45) is 23.9 Å². The summed E-state index contributed by atoms with van der Waals surface area (Å²) in [6, 6.07) is 5.33. The number of esters is 2. The maximum atomic E-state index is 14.6. The zero-order valence-electron chi connectivity index (χ0n) is 27.2. The van der Waals surface area contributed by atoms with Gasteiger partial charge in [-0.25, -0.2) is 14.8 Å². The number of nitrogens with zero attached hydrogens (tertiary/aromatic N) is 4. The number of nitrogens with one attached hydrogen (secondary N) is 1. The quantitative estimate of drug-likeness (QED) is 0.382. The van der Waals surface area contributed by atoms with Gasteiger partial charge in [-0.1, -0.05) is 41.0 Å². The molecule has 2 aliphatic carbocycles. The SMILES string of the molecule is Cn1cnc(S[C@H]2[C@H]3[C@H](C(=O)OC(C)(C)C)[C@]34NC(OC(C)(C)C)=N[C@@]4(C(=O)OC(C)(C)C)[C@@H]2OCc2ccc(Cl)c(Cl)c2)n1. The van der Waals surface area contributed by atoms with Gasteiger partial charge in [-0.05, 0) is 80.0 Å². The Bertz CT molecular complexity index is 1530. The third-order valence-electron chi connectivity index (χ3n) is 7.56. The highest BCUT2D eigenvalue weighted by Crippen LogP contribution is 2.72. The van der Waals surface area contributed by atoms with Gasteiger partial charge in [0, 0.05) is 18.2 Å². The molecule has 0 saturated heterocycles. The molecule has 1 aromatic heterocycles. The van der Waals surface area contributed by atoms with Crippen LogP contribution in [0, 0.1) is 11.8 Å². The molecular weight excluding hydrogens is 641 g/mol. The molecule has 2 aromatic rings. The lowest BCUT2D eigenvalue weighted by Crippen LogP contribution is -2.62. The van der Waals surface area contributed by atoms with E-state index in [0.29, 0.717) is 15.2 Å².